The first kappa shape index (κ1) is 17.3. The average Bonchev–Trinajstić information content (AvgIpc) is 3.18. The second-order valence-electron chi connectivity index (χ2n) is 6.82. The van der Waals surface area contributed by atoms with Crippen LogP contribution in [0.4, 0.5) is 11.4 Å². The summed E-state index contributed by atoms with van der Waals surface area (Å²) >= 11 is 0. The molecule has 0 atom stereocenters. The van der Waals surface area contributed by atoms with Crippen molar-refractivity contribution in [2.24, 2.45) is 0 Å². The fraction of sp³-hybridized carbons (Fsp3) is 0.238. The lowest BCUT2D eigenvalue weighted by atomic mass is 10.1. The second-order valence-corrected chi connectivity index (χ2v) is 6.82. The summed E-state index contributed by atoms with van der Waals surface area (Å²) in [6, 6.07) is 20.9. The van der Waals surface area contributed by atoms with Gasteiger partial charge in [-0.3, -0.25) is 10.1 Å². The SMILES string of the molecule is O=[N+]([O-])c1ccc(-c2ccc(C[NH+]3CCN(c4ccccc4)CC3)o2)cc1. The predicted octanol–water partition coefficient (Wildman–Crippen LogP) is 2.76. The molecule has 2 aromatic carbocycles. The Balaban J connectivity index is 1.35. The van der Waals surface area contributed by atoms with Gasteiger partial charge in [-0.05, 0) is 36.4 Å². The van der Waals surface area contributed by atoms with Crippen LogP contribution in [0.25, 0.3) is 11.3 Å². The third-order valence-corrected chi connectivity index (χ3v) is 5.04. The highest BCUT2D eigenvalue weighted by Crippen LogP contribution is 2.24. The molecule has 6 heteroatoms. The first-order valence-electron chi connectivity index (χ1n) is 9.16. The van der Waals surface area contributed by atoms with Gasteiger partial charge in [-0.15, -0.1) is 0 Å². The van der Waals surface area contributed by atoms with E-state index in [9.17, 15) is 10.1 Å². The molecule has 2 heterocycles. The van der Waals surface area contributed by atoms with Gasteiger partial charge in [-0.25, -0.2) is 0 Å². The summed E-state index contributed by atoms with van der Waals surface area (Å²) in [5, 5.41) is 10.8. The van der Waals surface area contributed by atoms with Crippen molar-refractivity contribution in [2.75, 3.05) is 31.1 Å². The minimum atomic E-state index is -0.393. The molecule has 1 saturated heterocycles. The highest BCUT2D eigenvalue weighted by Gasteiger charge is 2.21. The summed E-state index contributed by atoms with van der Waals surface area (Å²) in [4.78, 5) is 14.3. The Morgan fingerprint density at radius 2 is 1.67 bits per heavy atom. The Morgan fingerprint density at radius 1 is 0.963 bits per heavy atom. The Hall–Kier alpha value is -3.12. The van der Waals surface area contributed by atoms with Gasteiger partial charge in [0.2, 0.25) is 0 Å². The van der Waals surface area contributed by atoms with Crippen molar-refractivity contribution in [1.29, 1.82) is 0 Å². The maximum Gasteiger partial charge on any atom is 0.269 e. The zero-order valence-electron chi connectivity index (χ0n) is 15.0. The molecular weight excluding hydrogens is 342 g/mol. The summed E-state index contributed by atoms with van der Waals surface area (Å²) in [5.74, 6) is 1.70. The van der Waals surface area contributed by atoms with Crippen molar-refractivity contribution in [1.82, 2.24) is 0 Å². The molecule has 1 aliphatic heterocycles. The van der Waals surface area contributed by atoms with E-state index >= 15 is 0 Å². The van der Waals surface area contributed by atoms with Crippen molar-refractivity contribution in [2.45, 2.75) is 6.54 Å². The van der Waals surface area contributed by atoms with Crippen molar-refractivity contribution < 1.29 is 14.2 Å². The van der Waals surface area contributed by atoms with Gasteiger partial charge in [0.25, 0.3) is 5.69 Å². The second kappa shape index (κ2) is 7.63. The van der Waals surface area contributed by atoms with Crippen molar-refractivity contribution in [3.63, 3.8) is 0 Å². The highest BCUT2D eigenvalue weighted by atomic mass is 16.6. The first-order chi connectivity index (χ1) is 13.2. The molecule has 0 radical (unpaired) electrons. The lowest BCUT2D eigenvalue weighted by molar-refractivity contribution is -0.915. The molecular formula is C21H22N3O3+. The summed E-state index contributed by atoms with van der Waals surface area (Å²) in [5.41, 5.74) is 2.23. The maximum absolute atomic E-state index is 10.8. The molecule has 27 heavy (non-hydrogen) atoms. The number of non-ortho nitro benzene ring substituents is 1. The van der Waals surface area contributed by atoms with Gasteiger partial charge >= 0.3 is 0 Å². The van der Waals surface area contributed by atoms with Crippen molar-refractivity contribution in [3.8, 4) is 11.3 Å². The van der Waals surface area contributed by atoms with Gasteiger partial charge in [-0.1, -0.05) is 18.2 Å². The largest absolute Gasteiger partial charge is 0.455 e. The zero-order valence-corrected chi connectivity index (χ0v) is 15.0. The van der Waals surface area contributed by atoms with Crippen LogP contribution in [0, 0.1) is 10.1 Å². The Kier molecular flexibility index (Phi) is 4.89. The molecule has 1 N–H and O–H groups in total. The third kappa shape index (κ3) is 4.01. The summed E-state index contributed by atoms with van der Waals surface area (Å²) in [7, 11) is 0. The lowest BCUT2D eigenvalue weighted by Gasteiger charge is -2.33. The number of para-hydroxylation sites is 1. The van der Waals surface area contributed by atoms with Crippen LogP contribution in [0.1, 0.15) is 5.76 Å². The summed E-state index contributed by atoms with van der Waals surface area (Å²) in [6.45, 7) is 5.07. The number of anilines is 1. The van der Waals surface area contributed by atoms with Crippen LogP contribution < -0.4 is 9.80 Å². The third-order valence-electron chi connectivity index (χ3n) is 5.04. The van der Waals surface area contributed by atoms with Gasteiger partial charge in [-0.2, -0.15) is 0 Å². The number of hydrogen-bond acceptors (Lipinski definition) is 4. The molecule has 1 aliphatic rings. The van der Waals surface area contributed by atoms with Crippen LogP contribution in [-0.2, 0) is 6.54 Å². The fourth-order valence-electron chi connectivity index (χ4n) is 3.52. The van der Waals surface area contributed by atoms with Crippen molar-refractivity contribution >= 4 is 11.4 Å². The number of quaternary nitrogens is 1. The number of nitro groups is 1. The lowest BCUT2D eigenvalue weighted by Crippen LogP contribution is -3.13. The molecule has 1 fully saturated rings. The Bertz CT molecular complexity index is 898. The molecule has 0 amide bonds. The maximum atomic E-state index is 10.8. The molecule has 0 bridgehead atoms. The molecule has 6 nitrogen and oxygen atoms in total. The van der Waals surface area contributed by atoms with Crippen LogP contribution in [0.3, 0.4) is 0 Å². The monoisotopic (exact) mass is 364 g/mol. The van der Waals surface area contributed by atoms with Gasteiger partial charge in [0.15, 0.2) is 5.76 Å². The van der Waals surface area contributed by atoms with Gasteiger partial charge in [0, 0.05) is 23.4 Å². The molecule has 0 saturated carbocycles. The Morgan fingerprint density at radius 3 is 2.33 bits per heavy atom. The number of furan rings is 1. The first-order valence-corrected chi connectivity index (χ1v) is 9.16. The number of nitro benzene ring substituents is 1. The topological polar surface area (TPSA) is 64.0 Å². The van der Waals surface area contributed by atoms with Crippen LogP contribution in [0.5, 0.6) is 0 Å². The van der Waals surface area contributed by atoms with Crippen LogP contribution in [-0.4, -0.2) is 31.1 Å². The quantitative estimate of drug-likeness (QED) is 0.559. The molecule has 1 aromatic heterocycles. The van der Waals surface area contributed by atoms with Gasteiger partial charge < -0.3 is 14.2 Å². The van der Waals surface area contributed by atoms with Crippen LogP contribution in [0.15, 0.2) is 71.1 Å². The van der Waals surface area contributed by atoms with E-state index in [1.54, 1.807) is 12.1 Å². The minimum absolute atomic E-state index is 0.0891. The smallest absolute Gasteiger partial charge is 0.269 e. The molecule has 4 rings (SSSR count). The Labute approximate surface area is 157 Å². The van der Waals surface area contributed by atoms with Gasteiger partial charge in [0.05, 0.1) is 31.1 Å². The number of piperazine rings is 1. The van der Waals surface area contributed by atoms with E-state index in [1.165, 1.54) is 22.7 Å². The molecule has 0 aliphatic carbocycles. The number of hydrogen-bond donors (Lipinski definition) is 1. The molecule has 138 valence electrons. The van der Waals surface area contributed by atoms with E-state index in [4.69, 9.17) is 4.42 Å². The summed E-state index contributed by atoms with van der Waals surface area (Å²) < 4.78 is 5.98. The highest BCUT2D eigenvalue weighted by molar-refractivity contribution is 5.59. The standard InChI is InChI=1S/C21H21N3O3/c25-24(26)19-8-6-17(7-9-19)21-11-10-20(27-21)16-22-12-14-23(15-13-22)18-4-2-1-3-5-18/h1-11H,12-16H2/p+1. The average molecular weight is 364 g/mol. The van der Waals surface area contributed by atoms with Crippen molar-refractivity contribution in [3.05, 3.63) is 82.6 Å². The van der Waals surface area contributed by atoms with Crippen LogP contribution in [0.2, 0.25) is 0 Å². The van der Waals surface area contributed by atoms with E-state index in [0.717, 1.165) is 49.8 Å². The minimum Gasteiger partial charge on any atom is -0.455 e. The molecule has 3 aromatic rings. The number of benzene rings is 2. The summed E-state index contributed by atoms with van der Waals surface area (Å²) in [6.07, 6.45) is 0. The fourth-order valence-corrected chi connectivity index (χ4v) is 3.52. The van der Waals surface area contributed by atoms with E-state index in [2.05, 4.69) is 29.2 Å². The normalized spacial score (nSPS) is 15.0. The number of nitrogens with zero attached hydrogens (tertiary/aromatic N) is 2. The number of nitrogens with one attached hydrogen (secondary N) is 1. The molecule has 0 unspecified atom stereocenters. The van der Waals surface area contributed by atoms with E-state index in [1.807, 2.05) is 18.2 Å². The molecule has 0 spiro atoms. The van der Waals surface area contributed by atoms with E-state index in [-0.39, 0.29) is 5.69 Å². The van der Waals surface area contributed by atoms with Crippen LogP contribution >= 0.6 is 0 Å². The predicted molar refractivity (Wildman–Crippen MR) is 104 cm³/mol. The van der Waals surface area contributed by atoms with Gasteiger partial charge in [0.1, 0.15) is 12.3 Å². The number of rotatable bonds is 5. The van der Waals surface area contributed by atoms with E-state index < -0.39 is 4.92 Å². The zero-order chi connectivity index (χ0) is 18.6. The van der Waals surface area contributed by atoms with E-state index in [0.29, 0.717) is 0 Å².